The number of hydroxylamine groups is 1. The van der Waals surface area contributed by atoms with Crippen LogP contribution in [0.25, 0.3) is 0 Å². The van der Waals surface area contributed by atoms with Gasteiger partial charge in [0, 0.05) is 6.54 Å². The Morgan fingerprint density at radius 3 is 2.20 bits per heavy atom. The first-order valence-electron chi connectivity index (χ1n) is 1.28. The van der Waals surface area contributed by atoms with Crippen molar-refractivity contribution in [3.8, 4) is 0 Å². The number of nitrogens with one attached hydrogen (secondary N) is 1. The van der Waals surface area contributed by atoms with Crippen LogP contribution in [0, 0.1) is 0 Å². The molecule has 0 aromatic carbocycles. The van der Waals surface area contributed by atoms with E-state index < -0.39 is 0 Å². The Balaban J connectivity index is -0.0000000450. The molecule has 0 saturated carbocycles. The zero-order valence-electron chi connectivity index (χ0n) is 4.65. The smallest absolute Gasteiger partial charge is 1.00 e. The average Bonchev–Trinajstić information content (AvgIpc) is 1.37. The molecule has 2 N–H and O–H groups in total. The Hall–Kier alpha value is 0.920. The molecule has 0 aliphatic rings. The van der Waals surface area contributed by atoms with Gasteiger partial charge in [-0.2, -0.15) is 0 Å². The van der Waals surface area contributed by atoms with E-state index in [1.165, 1.54) is 0 Å². The quantitative estimate of drug-likeness (QED) is 0.264. The van der Waals surface area contributed by atoms with Gasteiger partial charge < -0.3 is 6.63 Å². The molecule has 5 heavy (non-hydrogen) atoms. The maximum absolute atomic E-state index is 7.62. The Bertz CT molecular complexity index is 15.5. The van der Waals surface area contributed by atoms with E-state index in [2.05, 4.69) is 0 Å². The summed E-state index contributed by atoms with van der Waals surface area (Å²) in [5.74, 6) is 0. The summed E-state index contributed by atoms with van der Waals surface area (Å²) >= 11 is 0. The van der Waals surface area contributed by atoms with Crippen molar-refractivity contribution in [2.24, 2.45) is 0 Å². The van der Waals surface area contributed by atoms with E-state index in [4.69, 9.17) is 5.21 Å². The maximum atomic E-state index is 7.62. The van der Waals surface area contributed by atoms with Crippen molar-refractivity contribution in [1.29, 1.82) is 0 Å². The first kappa shape index (κ1) is 9.33. The zero-order chi connectivity index (χ0) is 3.41. The molecule has 0 heterocycles. The van der Waals surface area contributed by atoms with Crippen molar-refractivity contribution in [2.45, 2.75) is 6.92 Å². The summed E-state index contributed by atoms with van der Waals surface area (Å²) in [6.45, 7) is 2.44. The van der Waals surface area contributed by atoms with E-state index >= 15 is 0 Å². The molecule has 0 radical (unpaired) electrons. The molecule has 28 valence electrons. The van der Waals surface area contributed by atoms with Crippen molar-refractivity contribution >= 4 is 0 Å². The van der Waals surface area contributed by atoms with Gasteiger partial charge in [0.25, 0.3) is 0 Å². The third kappa shape index (κ3) is 11.4. The first-order chi connectivity index (χ1) is 1.91. The Labute approximate surface area is 55.3 Å². The Morgan fingerprint density at radius 1 is 2.00 bits per heavy atom. The van der Waals surface area contributed by atoms with Crippen molar-refractivity contribution in [3.63, 3.8) is 0 Å². The zero-order valence-corrected chi connectivity index (χ0v) is 5.65. The van der Waals surface area contributed by atoms with Crippen LogP contribution in [0.1, 0.15) is 8.35 Å². The van der Waals surface area contributed by atoms with Crippen molar-refractivity contribution in [2.75, 3.05) is 6.54 Å². The average molecular weight is 85.1 g/mol. The Kier molecular flexibility index (Phi) is 16.5. The maximum Gasteiger partial charge on any atom is 1.00 e. The van der Waals surface area contributed by atoms with Gasteiger partial charge in [-0.3, -0.25) is 0 Å². The molecule has 0 saturated heterocycles. The molecule has 2 nitrogen and oxygen atoms in total. The minimum absolute atomic E-state index is 0. The second-order valence-corrected chi connectivity index (χ2v) is 0.512. The second-order valence-electron chi connectivity index (χ2n) is 0.512. The molecule has 0 unspecified atom stereocenters. The van der Waals surface area contributed by atoms with Crippen LogP contribution in [0.3, 0.4) is 0 Å². The molecule has 0 rings (SSSR count). The van der Waals surface area contributed by atoms with Crippen molar-refractivity contribution in [3.05, 3.63) is 0 Å². The standard InChI is InChI=1S/C2H7NO.Na.H/c1-2-3-4;;/h3-4H,2H2,1H3;;/q;+1;-1. The third-order valence-electron chi connectivity index (χ3n) is 0.158. The summed E-state index contributed by atoms with van der Waals surface area (Å²) in [5.41, 5.74) is 1.93. The van der Waals surface area contributed by atoms with Crippen LogP contribution < -0.4 is 35.0 Å². The van der Waals surface area contributed by atoms with Crippen LogP contribution in [0.4, 0.5) is 0 Å². The van der Waals surface area contributed by atoms with E-state index in [0.29, 0.717) is 6.54 Å². The molecule has 3 heteroatoms. The van der Waals surface area contributed by atoms with E-state index in [1.807, 2.05) is 12.4 Å². The van der Waals surface area contributed by atoms with Crippen LogP contribution in [-0.2, 0) is 0 Å². The fraction of sp³-hybridized carbons (Fsp3) is 1.00. The summed E-state index contributed by atoms with van der Waals surface area (Å²) in [6.07, 6.45) is 0. The summed E-state index contributed by atoms with van der Waals surface area (Å²) in [5, 5.41) is 7.62. The van der Waals surface area contributed by atoms with Crippen LogP contribution >= 0.6 is 0 Å². The second kappa shape index (κ2) is 8.87. The first-order valence-corrected chi connectivity index (χ1v) is 1.28. The summed E-state index contributed by atoms with van der Waals surface area (Å²) in [6, 6.07) is 0. The number of hydrogen-bond acceptors (Lipinski definition) is 2. The molecule has 0 bridgehead atoms. The van der Waals surface area contributed by atoms with Gasteiger partial charge in [-0.1, -0.05) is 6.92 Å². The van der Waals surface area contributed by atoms with Crippen molar-refractivity contribution < 1.29 is 36.2 Å². The molecule has 0 atom stereocenters. The van der Waals surface area contributed by atoms with Crippen molar-refractivity contribution in [1.82, 2.24) is 5.48 Å². The van der Waals surface area contributed by atoms with Crippen LogP contribution in [0.5, 0.6) is 0 Å². The molecule has 0 amide bonds. The van der Waals surface area contributed by atoms with E-state index in [-0.39, 0.29) is 31.0 Å². The molecule has 0 spiro atoms. The molecule has 0 aliphatic carbocycles. The summed E-state index contributed by atoms with van der Waals surface area (Å²) in [4.78, 5) is 0. The van der Waals surface area contributed by atoms with Gasteiger partial charge >= 0.3 is 29.6 Å². The molecule has 0 aromatic heterocycles. The van der Waals surface area contributed by atoms with Gasteiger partial charge in [-0.25, -0.2) is 5.48 Å². The van der Waals surface area contributed by atoms with Gasteiger partial charge in [0.2, 0.25) is 0 Å². The van der Waals surface area contributed by atoms with Gasteiger partial charge in [0.05, 0.1) is 0 Å². The van der Waals surface area contributed by atoms with E-state index in [0.717, 1.165) is 0 Å². The van der Waals surface area contributed by atoms with Gasteiger partial charge in [0.15, 0.2) is 0 Å². The molecule has 0 fully saturated rings. The summed E-state index contributed by atoms with van der Waals surface area (Å²) < 4.78 is 0. The largest absolute Gasteiger partial charge is 1.00 e. The topological polar surface area (TPSA) is 32.3 Å². The number of rotatable bonds is 1. The van der Waals surface area contributed by atoms with E-state index in [1.54, 1.807) is 0 Å². The predicted octanol–water partition coefficient (Wildman–Crippen LogP) is -2.90. The van der Waals surface area contributed by atoms with Crippen LogP contribution in [0.2, 0.25) is 0 Å². The minimum atomic E-state index is 0. The summed E-state index contributed by atoms with van der Waals surface area (Å²) in [7, 11) is 0. The normalized spacial score (nSPS) is 6.00. The minimum Gasteiger partial charge on any atom is -1.00 e. The van der Waals surface area contributed by atoms with Gasteiger partial charge in [-0.15, -0.1) is 0 Å². The fourth-order valence-electron chi connectivity index (χ4n) is 0. The molecule has 0 aromatic rings. The van der Waals surface area contributed by atoms with Crippen LogP contribution in [0.15, 0.2) is 0 Å². The molecule has 0 aliphatic heterocycles. The van der Waals surface area contributed by atoms with Gasteiger partial charge in [0.1, 0.15) is 0 Å². The predicted molar refractivity (Wildman–Crippen MR) is 16.6 cm³/mol. The monoisotopic (exact) mass is 85.1 g/mol. The third-order valence-corrected chi connectivity index (χ3v) is 0.158. The number of hydrogen-bond donors (Lipinski definition) is 2. The SMILES string of the molecule is CCNO.[H-].[Na+]. The van der Waals surface area contributed by atoms with E-state index in [9.17, 15) is 0 Å². The molecular formula is C2H8NNaO. The molecular weight excluding hydrogens is 77.0 g/mol. The fourth-order valence-corrected chi connectivity index (χ4v) is 0. The van der Waals surface area contributed by atoms with Crippen LogP contribution in [-0.4, -0.2) is 11.8 Å². The van der Waals surface area contributed by atoms with Gasteiger partial charge in [-0.05, 0) is 0 Å². The Morgan fingerprint density at radius 2 is 2.20 bits per heavy atom.